The van der Waals surface area contributed by atoms with Gasteiger partial charge in [0.2, 0.25) is 0 Å². The van der Waals surface area contributed by atoms with Crippen molar-refractivity contribution in [1.82, 2.24) is 14.8 Å². The summed E-state index contributed by atoms with van der Waals surface area (Å²) in [6.45, 7) is 2.75. The Morgan fingerprint density at radius 2 is 2.00 bits per heavy atom. The predicted octanol–water partition coefficient (Wildman–Crippen LogP) is 2.30. The van der Waals surface area contributed by atoms with Crippen molar-refractivity contribution < 1.29 is 4.74 Å². The normalized spacial score (nSPS) is 19.9. The standard InChI is InChI=1S/C21H23N5O2/c22-12-15-11-16-13-28-10-7-18(16)23-21(15)25-8-5-17(6-9-25)26-20(27)4-3-19(24-26)14-1-2-14/h3-4,11,14,17H,1-2,5-10,13H2. The Kier molecular flexibility index (Phi) is 4.36. The van der Waals surface area contributed by atoms with E-state index in [-0.39, 0.29) is 11.6 Å². The van der Waals surface area contributed by atoms with Crippen molar-refractivity contribution in [1.29, 1.82) is 5.26 Å². The number of hydrogen-bond acceptors (Lipinski definition) is 6. The van der Waals surface area contributed by atoms with E-state index in [0.717, 1.165) is 55.1 Å². The quantitative estimate of drug-likeness (QED) is 0.816. The molecular weight excluding hydrogens is 354 g/mol. The Labute approximate surface area is 163 Å². The van der Waals surface area contributed by atoms with E-state index in [4.69, 9.17) is 9.72 Å². The summed E-state index contributed by atoms with van der Waals surface area (Å²) in [6, 6.07) is 7.87. The van der Waals surface area contributed by atoms with Crippen LogP contribution in [-0.2, 0) is 17.8 Å². The van der Waals surface area contributed by atoms with Crippen molar-refractivity contribution in [3.63, 3.8) is 0 Å². The minimum Gasteiger partial charge on any atom is -0.376 e. The molecular formula is C21H23N5O2. The number of hydrogen-bond donors (Lipinski definition) is 0. The fourth-order valence-corrected chi connectivity index (χ4v) is 4.22. The van der Waals surface area contributed by atoms with Crippen molar-refractivity contribution in [2.45, 2.75) is 50.7 Å². The molecule has 3 aliphatic rings. The van der Waals surface area contributed by atoms with Crippen molar-refractivity contribution >= 4 is 5.82 Å². The molecule has 2 fully saturated rings. The van der Waals surface area contributed by atoms with Crippen LogP contribution < -0.4 is 10.5 Å². The summed E-state index contributed by atoms with van der Waals surface area (Å²) in [7, 11) is 0. The molecule has 1 aliphatic carbocycles. The molecule has 7 nitrogen and oxygen atoms in total. The lowest BCUT2D eigenvalue weighted by atomic mass is 10.0. The smallest absolute Gasteiger partial charge is 0.267 e. The van der Waals surface area contributed by atoms with Gasteiger partial charge in [0.1, 0.15) is 11.9 Å². The van der Waals surface area contributed by atoms with Gasteiger partial charge in [0, 0.05) is 37.1 Å². The third kappa shape index (κ3) is 3.18. The number of nitrogens with zero attached hydrogens (tertiary/aromatic N) is 5. The van der Waals surface area contributed by atoms with Gasteiger partial charge in [0.05, 0.1) is 36.2 Å². The maximum absolute atomic E-state index is 12.3. The van der Waals surface area contributed by atoms with Crippen LogP contribution in [0.25, 0.3) is 0 Å². The first-order chi connectivity index (χ1) is 13.7. The molecule has 0 radical (unpaired) electrons. The second-order valence-electron chi connectivity index (χ2n) is 7.91. The fraction of sp³-hybridized carbons (Fsp3) is 0.524. The van der Waals surface area contributed by atoms with Crippen LogP contribution in [0.3, 0.4) is 0 Å². The third-order valence-electron chi connectivity index (χ3n) is 5.98. The molecule has 0 aromatic carbocycles. The molecule has 7 heteroatoms. The molecule has 1 saturated carbocycles. The monoisotopic (exact) mass is 377 g/mol. The molecule has 28 heavy (non-hydrogen) atoms. The molecule has 0 amide bonds. The van der Waals surface area contributed by atoms with E-state index in [2.05, 4.69) is 16.1 Å². The van der Waals surface area contributed by atoms with Gasteiger partial charge in [-0.15, -0.1) is 0 Å². The van der Waals surface area contributed by atoms with E-state index < -0.39 is 0 Å². The summed E-state index contributed by atoms with van der Waals surface area (Å²) in [5.74, 6) is 1.31. The Hall–Kier alpha value is -2.72. The average Bonchev–Trinajstić information content (AvgIpc) is 3.59. The predicted molar refractivity (Wildman–Crippen MR) is 103 cm³/mol. The van der Waals surface area contributed by atoms with Crippen LogP contribution in [0, 0.1) is 11.3 Å². The minimum absolute atomic E-state index is 0.0209. The second kappa shape index (κ2) is 7.02. The maximum Gasteiger partial charge on any atom is 0.267 e. The Balaban J connectivity index is 1.36. The zero-order valence-corrected chi connectivity index (χ0v) is 15.8. The van der Waals surface area contributed by atoms with E-state index in [1.165, 1.54) is 12.8 Å². The highest BCUT2D eigenvalue weighted by Crippen LogP contribution is 2.38. The Morgan fingerprint density at radius 3 is 2.75 bits per heavy atom. The van der Waals surface area contributed by atoms with Gasteiger partial charge in [-0.05, 0) is 37.8 Å². The first-order valence-electron chi connectivity index (χ1n) is 10.1. The van der Waals surface area contributed by atoms with Crippen LogP contribution in [0.15, 0.2) is 23.0 Å². The van der Waals surface area contributed by atoms with Crippen molar-refractivity contribution in [3.05, 3.63) is 51.1 Å². The van der Waals surface area contributed by atoms with E-state index in [0.29, 0.717) is 24.7 Å². The number of nitriles is 1. The van der Waals surface area contributed by atoms with Gasteiger partial charge >= 0.3 is 0 Å². The summed E-state index contributed by atoms with van der Waals surface area (Å²) >= 11 is 0. The summed E-state index contributed by atoms with van der Waals surface area (Å²) in [6.07, 6.45) is 4.80. The average molecular weight is 377 g/mol. The van der Waals surface area contributed by atoms with Gasteiger partial charge in [-0.3, -0.25) is 4.79 Å². The van der Waals surface area contributed by atoms with Crippen molar-refractivity contribution in [2.75, 3.05) is 24.6 Å². The summed E-state index contributed by atoms with van der Waals surface area (Å²) in [5.41, 5.74) is 3.69. The van der Waals surface area contributed by atoms with Crippen LogP contribution in [0.2, 0.25) is 0 Å². The number of piperidine rings is 1. The number of anilines is 1. The highest BCUT2D eigenvalue weighted by molar-refractivity contribution is 5.56. The molecule has 2 aliphatic heterocycles. The molecule has 0 unspecified atom stereocenters. The Bertz CT molecular complexity index is 997. The van der Waals surface area contributed by atoms with Crippen molar-refractivity contribution in [3.8, 4) is 6.07 Å². The molecule has 0 N–H and O–H groups in total. The number of aromatic nitrogens is 3. The van der Waals surface area contributed by atoms with Gasteiger partial charge in [-0.2, -0.15) is 10.4 Å². The highest BCUT2D eigenvalue weighted by atomic mass is 16.5. The zero-order chi connectivity index (χ0) is 19.1. The summed E-state index contributed by atoms with van der Waals surface area (Å²) in [5, 5.41) is 14.2. The molecule has 0 atom stereocenters. The first-order valence-corrected chi connectivity index (χ1v) is 10.1. The zero-order valence-electron chi connectivity index (χ0n) is 15.8. The summed E-state index contributed by atoms with van der Waals surface area (Å²) < 4.78 is 7.17. The van der Waals surface area contributed by atoms with Gasteiger partial charge in [0.25, 0.3) is 5.56 Å². The topological polar surface area (TPSA) is 84.0 Å². The van der Waals surface area contributed by atoms with Gasteiger partial charge < -0.3 is 9.64 Å². The van der Waals surface area contributed by atoms with E-state index in [1.54, 1.807) is 10.7 Å². The van der Waals surface area contributed by atoms with Crippen LogP contribution >= 0.6 is 0 Å². The van der Waals surface area contributed by atoms with Crippen LogP contribution in [0.4, 0.5) is 5.82 Å². The largest absolute Gasteiger partial charge is 0.376 e. The minimum atomic E-state index is -0.0209. The van der Waals surface area contributed by atoms with Gasteiger partial charge in [0.15, 0.2) is 0 Å². The van der Waals surface area contributed by atoms with E-state index in [9.17, 15) is 10.1 Å². The number of rotatable bonds is 3. The highest BCUT2D eigenvalue weighted by Gasteiger charge is 2.29. The van der Waals surface area contributed by atoms with Crippen LogP contribution in [-0.4, -0.2) is 34.5 Å². The van der Waals surface area contributed by atoms with Gasteiger partial charge in [-0.25, -0.2) is 9.67 Å². The molecule has 5 rings (SSSR count). The Morgan fingerprint density at radius 1 is 1.18 bits per heavy atom. The molecule has 4 heterocycles. The van der Waals surface area contributed by atoms with Crippen molar-refractivity contribution in [2.24, 2.45) is 0 Å². The van der Waals surface area contributed by atoms with E-state index in [1.807, 2.05) is 12.1 Å². The lowest BCUT2D eigenvalue weighted by Crippen LogP contribution is -2.39. The van der Waals surface area contributed by atoms with Gasteiger partial charge in [-0.1, -0.05) is 0 Å². The number of pyridine rings is 1. The molecule has 2 aromatic heterocycles. The lowest BCUT2D eigenvalue weighted by molar-refractivity contribution is 0.109. The fourth-order valence-electron chi connectivity index (χ4n) is 4.22. The molecule has 144 valence electrons. The number of ether oxygens (including phenoxy) is 1. The summed E-state index contributed by atoms with van der Waals surface area (Å²) in [4.78, 5) is 19.3. The van der Waals surface area contributed by atoms with E-state index >= 15 is 0 Å². The SMILES string of the molecule is N#Cc1cc2c(nc1N1CCC(n3nc(C4CC4)ccc3=O)CC1)CCOC2. The number of fused-ring (bicyclic) bond motifs is 1. The third-order valence-corrected chi connectivity index (χ3v) is 5.98. The van der Waals surface area contributed by atoms with Crippen LogP contribution in [0.5, 0.6) is 0 Å². The maximum atomic E-state index is 12.3. The second-order valence-corrected chi connectivity index (χ2v) is 7.91. The molecule has 1 saturated heterocycles. The van der Waals surface area contributed by atoms with Crippen LogP contribution in [0.1, 0.15) is 60.2 Å². The lowest BCUT2D eigenvalue weighted by Gasteiger charge is -2.34. The molecule has 0 bridgehead atoms. The molecule has 0 spiro atoms. The molecule has 2 aromatic rings. The first kappa shape index (κ1) is 17.4.